The number of benzene rings is 1. The summed E-state index contributed by atoms with van der Waals surface area (Å²) in [7, 11) is 1.74. The highest BCUT2D eigenvalue weighted by Gasteiger charge is 2.13. The van der Waals surface area contributed by atoms with E-state index in [0.29, 0.717) is 16.7 Å². The number of hydrogen-bond acceptors (Lipinski definition) is 4. The van der Waals surface area contributed by atoms with E-state index in [1.807, 2.05) is 45.0 Å². The second kappa shape index (κ2) is 6.69. The van der Waals surface area contributed by atoms with E-state index in [1.54, 1.807) is 17.8 Å². The van der Waals surface area contributed by atoms with Crippen LogP contribution < -0.4 is 10.3 Å². The van der Waals surface area contributed by atoms with Crippen molar-refractivity contribution >= 4 is 11.6 Å². The fourth-order valence-corrected chi connectivity index (χ4v) is 2.84. The number of pyridine rings is 1. The zero-order valence-electron chi connectivity index (χ0n) is 14.5. The fraction of sp³-hybridized carbons (Fsp3) is 0.211. The fourth-order valence-electron chi connectivity index (χ4n) is 2.69. The molecule has 6 heteroatoms. The number of nitrogens with zero attached hydrogens (tertiary/aromatic N) is 3. The molecule has 5 nitrogen and oxygen atoms in total. The molecule has 0 bridgehead atoms. The molecule has 128 valence electrons. The first-order valence-electron chi connectivity index (χ1n) is 7.81. The summed E-state index contributed by atoms with van der Waals surface area (Å²) >= 11 is 6.24. The van der Waals surface area contributed by atoms with Gasteiger partial charge in [0.1, 0.15) is 10.8 Å². The van der Waals surface area contributed by atoms with Crippen molar-refractivity contribution in [3.63, 3.8) is 0 Å². The Balaban J connectivity index is 2.01. The maximum absolute atomic E-state index is 11.9. The van der Waals surface area contributed by atoms with Gasteiger partial charge in [0.05, 0.1) is 17.6 Å². The number of halogens is 1. The molecule has 3 aromatic rings. The standard InChI is InChI=1S/C19H18ClN3O2/c1-11-7-8-21-19(17(11)20)25-14-5-6-15(12(2)9-14)18-13(3)22-10-16(24)23(18)4/h5-10H,1-4H3. The Morgan fingerprint density at radius 2 is 1.84 bits per heavy atom. The summed E-state index contributed by atoms with van der Waals surface area (Å²) in [4.78, 5) is 20.3. The van der Waals surface area contributed by atoms with Gasteiger partial charge in [-0.25, -0.2) is 4.98 Å². The highest BCUT2D eigenvalue weighted by molar-refractivity contribution is 6.32. The first kappa shape index (κ1) is 17.2. The highest BCUT2D eigenvalue weighted by Crippen LogP contribution is 2.32. The van der Waals surface area contributed by atoms with Gasteiger partial charge >= 0.3 is 0 Å². The van der Waals surface area contributed by atoms with Gasteiger partial charge in [0, 0.05) is 18.8 Å². The lowest BCUT2D eigenvalue weighted by Gasteiger charge is -2.14. The molecule has 0 aliphatic carbocycles. The maximum Gasteiger partial charge on any atom is 0.269 e. The van der Waals surface area contributed by atoms with Gasteiger partial charge in [0.15, 0.2) is 0 Å². The SMILES string of the molecule is Cc1cc(Oc2nccc(C)c2Cl)ccc1-c1c(C)ncc(=O)n1C. The Bertz CT molecular complexity index is 1010. The summed E-state index contributed by atoms with van der Waals surface area (Å²) in [6.45, 7) is 5.75. The van der Waals surface area contributed by atoms with Crippen LogP contribution in [0.3, 0.4) is 0 Å². The van der Waals surface area contributed by atoms with E-state index in [0.717, 1.165) is 28.1 Å². The Labute approximate surface area is 150 Å². The minimum absolute atomic E-state index is 0.143. The molecule has 0 atom stereocenters. The second-order valence-corrected chi connectivity index (χ2v) is 6.29. The molecular weight excluding hydrogens is 338 g/mol. The summed E-state index contributed by atoms with van der Waals surface area (Å²) in [5, 5.41) is 0.495. The van der Waals surface area contributed by atoms with E-state index < -0.39 is 0 Å². The maximum atomic E-state index is 11.9. The minimum Gasteiger partial charge on any atom is -0.438 e. The zero-order valence-corrected chi connectivity index (χ0v) is 15.3. The molecule has 0 aliphatic heterocycles. The van der Waals surface area contributed by atoms with Crippen LogP contribution >= 0.6 is 11.6 Å². The van der Waals surface area contributed by atoms with Crippen LogP contribution in [-0.4, -0.2) is 14.5 Å². The summed E-state index contributed by atoms with van der Waals surface area (Å²) < 4.78 is 7.42. The van der Waals surface area contributed by atoms with Crippen molar-refractivity contribution in [2.75, 3.05) is 0 Å². The van der Waals surface area contributed by atoms with Crippen molar-refractivity contribution < 1.29 is 4.74 Å². The molecule has 0 spiro atoms. The van der Waals surface area contributed by atoms with Gasteiger partial charge in [-0.1, -0.05) is 11.6 Å². The van der Waals surface area contributed by atoms with Crippen molar-refractivity contribution in [3.8, 4) is 22.9 Å². The van der Waals surface area contributed by atoms with Gasteiger partial charge in [-0.05, 0) is 56.2 Å². The third kappa shape index (κ3) is 3.28. The van der Waals surface area contributed by atoms with Crippen molar-refractivity contribution in [2.24, 2.45) is 7.05 Å². The van der Waals surface area contributed by atoms with Gasteiger partial charge in [-0.2, -0.15) is 0 Å². The minimum atomic E-state index is -0.143. The molecule has 1 aromatic carbocycles. The van der Waals surface area contributed by atoms with E-state index in [1.165, 1.54) is 6.20 Å². The third-order valence-electron chi connectivity index (χ3n) is 4.10. The summed E-state index contributed by atoms with van der Waals surface area (Å²) in [6, 6.07) is 7.47. The van der Waals surface area contributed by atoms with E-state index in [2.05, 4.69) is 9.97 Å². The zero-order chi connectivity index (χ0) is 18.1. The van der Waals surface area contributed by atoms with Gasteiger partial charge in [0.25, 0.3) is 5.56 Å². The number of ether oxygens (including phenoxy) is 1. The first-order chi connectivity index (χ1) is 11.9. The lowest BCUT2D eigenvalue weighted by Crippen LogP contribution is -2.19. The largest absolute Gasteiger partial charge is 0.438 e. The van der Waals surface area contributed by atoms with E-state index in [4.69, 9.17) is 16.3 Å². The molecule has 0 N–H and O–H groups in total. The highest BCUT2D eigenvalue weighted by atomic mass is 35.5. The predicted octanol–water partition coefficient (Wildman–Crippen LogP) is 4.21. The number of rotatable bonds is 3. The van der Waals surface area contributed by atoms with Crippen molar-refractivity contribution in [1.29, 1.82) is 0 Å². The topological polar surface area (TPSA) is 57.0 Å². The van der Waals surface area contributed by atoms with E-state index >= 15 is 0 Å². The van der Waals surface area contributed by atoms with E-state index in [-0.39, 0.29) is 5.56 Å². The van der Waals surface area contributed by atoms with Crippen molar-refractivity contribution in [3.05, 3.63) is 68.9 Å². The van der Waals surface area contributed by atoms with Crippen LogP contribution in [0.2, 0.25) is 5.02 Å². The van der Waals surface area contributed by atoms with Crippen molar-refractivity contribution in [2.45, 2.75) is 20.8 Å². The number of aryl methyl sites for hydroxylation is 3. The summed E-state index contributed by atoms with van der Waals surface area (Å²) in [6.07, 6.45) is 2.99. The number of hydrogen-bond donors (Lipinski definition) is 0. The predicted molar refractivity (Wildman–Crippen MR) is 98.4 cm³/mol. The quantitative estimate of drug-likeness (QED) is 0.706. The first-order valence-corrected chi connectivity index (χ1v) is 8.19. The molecule has 25 heavy (non-hydrogen) atoms. The van der Waals surface area contributed by atoms with Crippen LogP contribution in [0, 0.1) is 20.8 Å². The van der Waals surface area contributed by atoms with Crippen LogP contribution in [0.15, 0.2) is 41.5 Å². The summed E-state index contributed by atoms with van der Waals surface area (Å²) in [5.41, 5.74) is 4.25. The smallest absolute Gasteiger partial charge is 0.269 e. The Kier molecular flexibility index (Phi) is 4.59. The Hall–Kier alpha value is -2.66. The Morgan fingerprint density at radius 3 is 2.56 bits per heavy atom. The van der Waals surface area contributed by atoms with Crippen LogP contribution in [0.1, 0.15) is 16.8 Å². The van der Waals surface area contributed by atoms with Crippen molar-refractivity contribution in [1.82, 2.24) is 14.5 Å². The molecule has 2 heterocycles. The van der Waals surface area contributed by atoms with Gasteiger partial charge in [-0.3, -0.25) is 9.78 Å². The van der Waals surface area contributed by atoms with Gasteiger partial charge in [-0.15, -0.1) is 0 Å². The second-order valence-electron chi connectivity index (χ2n) is 5.92. The molecule has 0 aliphatic rings. The molecule has 0 unspecified atom stereocenters. The molecule has 0 saturated heterocycles. The lowest BCUT2D eigenvalue weighted by molar-refractivity contribution is 0.462. The van der Waals surface area contributed by atoms with Crippen LogP contribution in [0.4, 0.5) is 0 Å². The average molecular weight is 356 g/mol. The van der Waals surface area contributed by atoms with E-state index in [9.17, 15) is 4.79 Å². The lowest BCUT2D eigenvalue weighted by atomic mass is 10.0. The van der Waals surface area contributed by atoms with Crippen LogP contribution in [0.25, 0.3) is 11.3 Å². The summed E-state index contributed by atoms with van der Waals surface area (Å²) in [5.74, 6) is 1.01. The van der Waals surface area contributed by atoms with Gasteiger partial charge in [0.2, 0.25) is 5.88 Å². The molecule has 0 fully saturated rings. The third-order valence-corrected chi connectivity index (χ3v) is 4.55. The average Bonchev–Trinajstić information content (AvgIpc) is 2.57. The molecule has 3 rings (SSSR count). The van der Waals surface area contributed by atoms with Gasteiger partial charge < -0.3 is 9.30 Å². The van der Waals surface area contributed by atoms with Crippen LogP contribution in [-0.2, 0) is 7.05 Å². The molecule has 2 aromatic heterocycles. The molecule has 0 radical (unpaired) electrons. The Morgan fingerprint density at radius 1 is 1.08 bits per heavy atom. The molecular formula is C19H18ClN3O2. The number of aromatic nitrogens is 3. The molecule has 0 saturated carbocycles. The van der Waals surface area contributed by atoms with Crippen LogP contribution in [0.5, 0.6) is 11.6 Å². The molecule has 0 amide bonds. The normalized spacial score (nSPS) is 10.8. The monoisotopic (exact) mass is 355 g/mol.